The highest BCUT2D eigenvalue weighted by atomic mass is 35.5. The van der Waals surface area contributed by atoms with Gasteiger partial charge >= 0.3 is 0 Å². The summed E-state index contributed by atoms with van der Waals surface area (Å²) in [5.74, 6) is 4.70. The Bertz CT molecular complexity index is 395. The summed E-state index contributed by atoms with van der Waals surface area (Å²) in [5.41, 5.74) is 5.77. The summed E-state index contributed by atoms with van der Waals surface area (Å²) in [5, 5.41) is 8.74. The van der Waals surface area contributed by atoms with Gasteiger partial charge in [0, 0.05) is 11.4 Å². The lowest BCUT2D eigenvalue weighted by atomic mass is 10.1. The van der Waals surface area contributed by atoms with Gasteiger partial charge in [-0.1, -0.05) is 23.4 Å². The third kappa shape index (κ3) is 2.63. The molecule has 0 fully saturated rings. The maximum absolute atomic E-state index is 13.0. The Kier molecular flexibility index (Phi) is 3.75. The van der Waals surface area contributed by atoms with Crippen molar-refractivity contribution < 1.29 is 9.50 Å². The quantitative estimate of drug-likeness (QED) is 0.552. The van der Waals surface area contributed by atoms with Crippen LogP contribution in [-0.4, -0.2) is 11.7 Å². The Labute approximate surface area is 86.5 Å². The van der Waals surface area contributed by atoms with Crippen LogP contribution >= 0.6 is 11.6 Å². The summed E-state index contributed by atoms with van der Waals surface area (Å²) in [6.07, 6.45) is 0.327. The summed E-state index contributed by atoms with van der Waals surface area (Å²) < 4.78 is 13.0. The number of benzene rings is 1. The number of nitrogens with two attached hydrogens (primary N) is 1. The lowest BCUT2D eigenvalue weighted by Gasteiger charge is -2.00. The predicted octanol–water partition coefficient (Wildman–Crippen LogP) is 1.80. The first-order valence-electron chi connectivity index (χ1n) is 3.99. The summed E-state index contributed by atoms with van der Waals surface area (Å²) in [7, 11) is 0. The molecule has 0 aromatic heterocycles. The van der Waals surface area contributed by atoms with Gasteiger partial charge in [-0.2, -0.15) is 0 Å². The van der Waals surface area contributed by atoms with E-state index >= 15 is 0 Å². The molecular formula is C10H9ClFNO. The molecule has 0 bridgehead atoms. The third-order valence-corrected chi connectivity index (χ3v) is 1.77. The normalized spacial score (nSPS) is 9.36. The van der Waals surface area contributed by atoms with Crippen LogP contribution in [0.15, 0.2) is 12.1 Å². The second-order valence-corrected chi connectivity index (χ2v) is 3.06. The zero-order valence-electron chi connectivity index (χ0n) is 7.35. The first-order valence-corrected chi connectivity index (χ1v) is 4.37. The molecule has 74 valence electrons. The molecule has 0 aliphatic carbocycles. The Morgan fingerprint density at radius 2 is 2.21 bits per heavy atom. The van der Waals surface area contributed by atoms with E-state index in [1.807, 2.05) is 0 Å². The number of aliphatic hydroxyl groups excluding tert-OH is 1. The van der Waals surface area contributed by atoms with Crippen LogP contribution in [0.5, 0.6) is 0 Å². The predicted molar refractivity (Wildman–Crippen MR) is 54.4 cm³/mol. The molecule has 0 aliphatic rings. The highest BCUT2D eigenvalue weighted by molar-refractivity contribution is 6.30. The molecule has 0 spiro atoms. The van der Waals surface area contributed by atoms with Crippen molar-refractivity contribution in [2.24, 2.45) is 0 Å². The number of aliphatic hydroxyl groups is 1. The van der Waals surface area contributed by atoms with E-state index in [1.165, 1.54) is 6.07 Å². The first-order chi connectivity index (χ1) is 6.65. The minimum absolute atomic E-state index is 0.0140. The van der Waals surface area contributed by atoms with Crippen molar-refractivity contribution in [2.45, 2.75) is 6.42 Å². The van der Waals surface area contributed by atoms with Gasteiger partial charge in [-0.15, -0.1) is 0 Å². The molecule has 1 aromatic carbocycles. The molecule has 0 aliphatic heterocycles. The minimum atomic E-state index is -0.578. The Morgan fingerprint density at radius 1 is 1.50 bits per heavy atom. The number of nitrogen functional groups attached to an aromatic ring is 1. The van der Waals surface area contributed by atoms with Crippen LogP contribution in [0.1, 0.15) is 12.0 Å². The van der Waals surface area contributed by atoms with Gasteiger partial charge in [-0.25, -0.2) is 4.39 Å². The fourth-order valence-electron chi connectivity index (χ4n) is 0.902. The zero-order chi connectivity index (χ0) is 10.6. The lowest BCUT2D eigenvalue weighted by molar-refractivity contribution is 0.305. The van der Waals surface area contributed by atoms with E-state index in [4.69, 9.17) is 22.4 Å². The molecule has 0 unspecified atom stereocenters. The SMILES string of the molecule is Nc1c(F)cc(Cl)cc1C#CCCO. The molecule has 0 amide bonds. The van der Waals surface area contributed by atoms with Crippen LogP contribution in [0.4, 0.5) is 10.1 Å². The van der Waals surface area contributed by atoms with Gasteiger partial charge in [0.05, 0.1) is 17.9 Å². The van der Waals surface area contributed by atoms with Crippen molar-refractivity contribution in [3.8, 4) is 11.8 Å². The van der Waals surface area contributed by atoms with Gasteiger partial charge in [0.15, 0.2) is 0 Å². The molecule has 0 saturated carbocycles. The van der Waals surface area contributed by atoms with Gasteiger partial charge in [0.25, 0.3) is 0 Å². The number of hydrogen-bond acceptors (Lipinski definition) is 2. The van der Waals surface area contributed by atoms with E-state index < -0.39 is 5.82 Å². The topological polar surface area (TPSA) is 46.2 Å². The Balaban J connectivity index is 3.04. The summed E-state index contributed by atoms with van der Waals surface area (Å²) in [4.78, 5) is 0. The lowest BCUT2D eigenvalue weighted by Crippen LogP contribution is -1.94. The molecular weight excluding hydrogens is 205 g/mol. The van der Waals surface area contributed by atoms with Crippen molar-refractivity contribution in [1.29, 1.82) is 0 Å². The van der Waals surface area contributed by atoms with Crippen molar-refractivity contribution in [2.75, 3.05) is 12.3 Å². The standard InChI is InChI=1S/C10H9ClFNO/c11-8-5-7(3-1-2-4-14)10(13)9(12)6-8/h5-6,14H,2,4,13H2. The van der Waals surface area contributed by atoms with Crippen molar-refractivity contribution in [1.82, 2.24) is 0 Å². The molecule has 1 aromatic rings. The highest BCUT2D eigenvalue weighted by Crippen LogP contribution is 2.21. The van der Waals surface area contributed by atoms with Gasteiger partial charge in [-0.05, 0) is 12.1 Å². The summed E-state index contributed by atoms with van der Waals surface area (Å²) in [6.45, 7) is -0.0318. The number of halogens is 2. The van der Waals surface area contributed by atoms with Crippen molar-refractivity contribution >= 4 is 17.3 Å². The maximum atomic E-state index is 13.0. The van der Waals surface area contributed by atoms with Crippen molar-refractivity contribution in [3.63, 3.8) is 0 Å². The van der Waals surface area contributed by atoms with E-state index in [-0.39, 0.29) is 17.3 Å². The van der Waals surface area contributed by atoms with Gasteiger partial charge in [0.2, 0.25) is 0 Å². The fourth-order valence-corrected chi connectivity index (χ4v) is 1.11. The van der Waals surface area contributed by atoms with E-state index in [0.29, 0.717) is 12.0 Å². The molecule has 2 nitrogen and oxygen atoms in total. The van der Waals surface area contributed by atoms with Crippen LogP contribution < -0.4 is 5.73 Å². The molecule has 0 radical (unpaired) electrons. The van der Waals surface area contributed by atoms with E-state index in [0.717, 1.165) is 6.07 Å². The molecule has 1 rings (SSSR count). The second kappa shape index (κ2) is 4.85. The monoisotopic (exact) mass is 213 g/mol. The molecule has 14 heavy (non-hydrogen) atoms. The first kappa shape index (κ1) is 10.8. The third-order valence-electron chi connectivity index (χ3n) is 1.55. The van der Waals surface area contributed by atoms with Gasteiger partial charge < -0.3 is 10.8 Å². The smallest absolute Gasteiger partial charge is 0.148 e. The Hall–Kier alpha value is -1.24. The van der Waals surface area contributed by atoms with Crippen molar-refractivity contribution in [3.05, 3.63) is 28.5 Å². The van der Waals surface area contributed by atoms with E-state index in [1.54, 1.807) is 0 Å². The van der Waals surface area contributed by atoms with Crippen LogP contribution in [0, 0.1) is 17.7 Å². The zero-order valence-corrected chi connectivity index (χ0v) is 8.11. The van der Waals surface area contributed by atoms with E-state index in [9.17, 15) is 4.39 Å². The van der Waals surface area contributed by atoms with E-state index in [2.05, 4.69) is 11.8 Å². The second-order valence-electron chi connectivity index (χ2n) is 2.62. The molecule has 4 heteroatoms. The molecule has 0 atom stereocenters. The largest absolute Gasteiger partial charge is 0.395 e. The molecule has 0 heterocycles. The molecule has 3 N–H and O–H groups in total. The van der Waals surface area contributed by atoms with Gasteiger partial charge in [-0.3, -0.25) is 0 Å². The summed E-state index contributed by atoms with van der Waals surface area (Å²) in [6, 6.07) is 2.62. The average Bonchev–Trinajstić information content (AvgIpc) is 2.13. The van der Waals surface area contributed by atoms with Crippen LogP contribution in [0.3, 0.4) is 0 Å². The van der Waals surface area contributed by atoms with Crippen LogP contribution in [0.25, 0.3) is 0 Å². The van der Waals surface area contributed by atoms with Crippen LogP contribution in [0.2, 0.25) is 5.02 Å². The Morgan fingerprint density at radius 3 is 2.86 bits per heavy atom. The fraction of sp³-hybridized carbons (Fsp3) is 0.200. The number of anilines is 1. The minimum Gasteiger partial charge on any atom is -0.395 e. The van der Waals surface area contributed by atoms with Gasteiger partial charge in [0.1, 0.15) is 5.82 Å². The molecule has 0 saturated heterocycles. The van der Waals surface area contributed by atoms with Crippen LogP contribution in [-0.2, 0) is 0 Å². The highest BCUT2D eigenvalue weighted by Gasteiger charge is 2.04. The summed E-state index contributed by atoms with van der Waals surface area (Å²) >= 11 is 5.62. The maximum Gasteiger partial charge on any atom is 0.148 e. The number of rotatable bonds is 1. The number of hydrogen-bond donors (Lipinski definition) is 2. The average molecular weight is 214 g/mol.